The molecule has 1 fully saturated rings. The first-order chi connectivity index (χ1) is 18.7. The van der Waals surface area contributed by atoms with Crippen molar-refractivity contribution in [2.24, 2.45) is 13.0 Å². The summed E-state index contributed by atoms with van der Waals surface area (Å²) in [6.45, 7) is 10.4. The predicted molar refractivity (Wildman–Crippen MR) is 151 cm³/mol. The third kappa shape index (κ3) is 5.93. The zero-order valence-electron chi connectivity index (χ0n) is 24.0. The van der Waals surface area contributed by atoms with Gasteiger partial charge in [-0.15, -0.1) is 0 Å². The van der Waals surface area contributed by atoms with Crippen molar-refractivity contribution < 1.29 is 9.53 Å². The molecule has 1 aromatic carbocycles. The molecule has 4 atom stereocenters. The lowest BCUT2D eigenvalue weighted by Crippen LogP contribution is -2.52. The van der Waals surface area contributed by atoms with E-state index in [1.165, 1.54) is 5.56 Å². The van der Waals surface area contributed by atoms with Gasteiger partial charge in [0.15, 0.2) is 0 Å². The highest BCUT2D eigenvalue weighted by molar-refractivity contribution is 5.81. The minimum Gasteiger partial charge on any atom is -0.491 e. The molecule has 2 aromatic heterocycles. The van der Waals surface area contributed by atoms with E-state index in [2.05, 4.69) is 53.3 Å². The van der Waals surface area contributed by atoms with Crippen LogP contribution in [-0.2, 0) is 31.4 Å². The van der Waals surface area contributed by atoms with E-state index in [1.54, 1.807) is 4.68 Å². The highest BCUT2D eigenvalue weighted by atomic mass is 16.5. The lowest BCUT2D eigenvalue weighted by molar-refractivity contribution is -0.142. The molecular weight excluding hydrogens is 490 g/mol. The summed E-state index contributed by atoms with van der Waals surface area (Å²) in [5.74, 6) is 1.63. The van der Waals surface area contributed by atoms with E-state index in [9.17, 15) is 4.79 Å². The number of amides is 1. The number of aromatic nitrogens is 4. The van der Waals surface area contributed by atoms with Gasteiger partial charge in [-0.05, 0) is 83.5 Å². The van der Waals surface area contributed by atoms with Crippen LogP contribution in [0.4, 0.5) is 5.95 Å². The van der Waals surface area contributed by atoms with Gasteiger partial charge in [0.1, 0.15) is 5.75 Å². The Hall–Kier alpha value is -3.46. The summed E-state index contributed by atoms with van der Waals surface area (Å²) in [4.78, 5) is 28.0. The van der Waals surface area contributed by atoms with Crippen molar-refractivity contribution in [2.45, 2.75) is 77.7 Å². The molecule has 5 rings (SSSR count). The molecular formula is C30H41N7O2. The number of nitrogens with one attached hydrogen (secondary N) is 1. The van der Waals surface area contributed by atoms with Crippen molar-refractivity contribution in [1.82, 2.24) is 29.5 Å². The van der Waals surface area contributed by atoms with E-state index >= 15 is 0 Å². The van der Waals surface area contributed by atoms with Gasteiger partial charge >= 0.3 is 0 Å². The zero-order chi connectivity index (χ0) is 27.7. The number of hydrogen-bond acceptors (Lipinski definition) is 7. The SMILES string of the molecule is CC(C)Oc1cccc([C@@H]2C(C)N(C)CC[C@H]2C(=O)N2Cc3nc(NCc4ccn(C)n4)ncc3C[C@H]2C)c1. The quantitative estimate of drug-likeness (QED) is 0.493. The third-order valence-corrected chi connectivity index (χ3v) is 8.17. The Morgan fingerprint density at radius 3 is 2.77 bits per heavy atom. The fraction of sp³-hybridized carbons (Fsp3) is 0.533. The molecule has 0 bridgehead atoms. The standard InChI is InChI=1S/C30H41N7O2/c1-19(2)39-25-9-7-8-22(15-25)28-21(4)35(5)12-11-26(28)29(38)37-18-27-23(14-20(37)3)16-31-30(33-27)32-17-24-10-13-36(6)34-24/h7-10,13,15-16,19-21,26,28H,11-12,14,17-18H2,1-6H3,(H,31,32,33)/t20-,21?,26-,28+/m1/s1. The molecule has 1 N–H and O–H groups in total. The summed E-state index contributed by atoms with van der Waals surface area (Å²) in [7, 11) is 4.06. The largest absolute Gasteiger partial charge is 0.491 e. The van der Waals surface area contributed by atoms with Crippen LogP contribution < -0.4 is 10.1 Å². The average molecular weight is 532 g/mol. The minimum atomic E-state index is -0.0990. The van der Waals surface area contributed by atoms with Gasteiger partial charge in [0, 0.05) is 43.4 Å². The maximum Gasteiger partial charge on any atom is 0.227 e. The van der Waals surface area contributed by atoms with Gasteiger partial charge in [0.05, 0.1) is 30.6 Å². The van der Waals surface area contributed by atoms with Crippen LogP contribution in [0.3, 0.4) is 0 Å². The topological polar surface area (TPSA) is 88.4 Å². The monoisotopic (exact) mass is 531 g/mol. The zero-order valence-corrected chi connectivity index (χ0v) is 24.0. The van der Waals surface area contributed by atoms with Gasteiger partial charge in [-0.25, -0.2) is 9.97 Å². The Labute approximate surface area is 231 Å². The number of likely N-dealkylation sites (tertiary alicyclic amines) is 1. The summed E-state index contributed by atoms with van der Waals surface area (Å²) in [5.41, 5.74) is 4.13. The Morgan fingerprint density at radius 2 is 2.03 bits per heavy atom. The number of ether oxygens (including phenoxy) is 1. The van der Waals surface area contributed by atoms with Gasteiger partial charge in [-0.2, -0.15) is 5.10 Å². The molecule has 2 aliphatic rings. The van der Waals surface area contributed by atoms with Crippen molar-refractivity contribution >= 4 is 11.9 Å². The van der Waals surface area contributed by atoms with Crippen LogP contribution in [-0.4, -0.2) is 67.2 Å². The second kappa shape index (κ2) is 11.3. The van der Waals surface area contributed by atoms with E-state index in [4.69, 9.17) is 9.72 Å². The Morgan fingerprint density at radius 1 is 1.21 bits per heavy atom. The molecule has 1 saturated heterocycles. The Balaban J connectivity index is 1.36. The molecule has 3 aromatic rings. The third-order valence-electron chi connectivity index (χ3n) is 8.17. The summed E-state index contributed by atoms with van der Waals surface area (Å²) < 4.78 is 7.78. The molecule has 0 aliphatic carbocycles. The maximum absolute atomic E-state index is 14.3. The summed E-state index contributed by atoms with van der Waals surface area (Å²) in [6.07, 6.45) is 5.51. The number of carbonyl (C=O) groups excluding carboxylic acids is 1. The fourth-order valence-corrected chi connectivity index (χ4v) is 6.01. The minimum absolute atomic E-state index is 0.0848. The molecule has 0 saturated carbocycles. The van der Waals surface area contributed by atoms with Gasteiger partial charge < -0.3 is 19.9 Å². The summed E-state index contributed by atoms with van der Waals surface area (Å²) in [5, 5.41) is 7.69. The van der Waals surface area contributed by atoms with Gasteiger partial charge in [0.2, 0.25) is 11.9 Å². The van der Waals surface area contributed by atoms with Crippen molar-refractivity contribution in [1.29, 1.82) is 0 Å². The van der Waals surface area contributed by atoms with Crippen LogP contribution >= 0.6 is 0 Å². The number of likely N-dealkylation sites (N-methyl/N-ethyl adjacent to an activating group) is 1. The second-order valence-electron chi connectivity index (χ2n) is 11.4. The van der Waals surface area contributed by atoms with Crippen molar-refractivity contribution in [3.63, 3.8) is 0 Å². The smallest absolute Gasteiger partial charge is 0.227 e. The molecule has 9 nitrogen and oxygen atoms in total. The second-order valence-corrected chi connectivity index (χ2v) is 11.4. The predicted octanol–water partition coefficient (Wildman–Crippen LogP) is 4.01. The van der Waals surface area contributed by atoms with Crippen LogP contribution in [0.1, 0.15) is 62.5 Å². The van der Waals surface area contributed by atoms with E-state index < -0.39 is 0 Å². The van der Waals surface area contributed by atoms with Crippen LogP contribution in [0, 0.1) is 5.92 Å². The van der Waals surface area contributed by atoms with Crippen LogP contribution in [0.5, 0.6) is 5.75 Å². The number of carbonyl (C=O) groups is 1. The Kier molecular flexibility index (Phi) is 7.88. The summed E-state index contributed by atoms with van der Waals surface area (Å²) >= 11 is 0. The number of aryl methyl sites for hydroxylation is 1. The molecule has 208 valence electrons. The first-order valence-corrected chi connectivity index (χ1v) is 14.0. The highest BCUT2D eigenvalue weighted by Gasteiger charge is 2.42. The molecule has 0 spiro atoms. The number of piperidine rings is 1. The van der Waals surface area contributed by atoms with E-state index in [1.807, 2.05) is 56.4 Å². The van der Waals surface area contributed by atoms with Crippen LogP contribution in [0.25, 0.3) is 0 Å². The normalized spacial score (nSPS) is 23.5. The van der Waals surface area contributed by atoms with Crippen LogP contribution in [0.2, 0.25) is 0 Å². The number of fused-ring (bicyclic) bond motifs is 1. The maximum atomic E-state index is 14.3. The number of hydrogen-bond donors (Lipinski definition) is 1. The molecule has 39 heavy (non-hydrogen) atoms. The van der Waals surface area contributed by atoms with Gasteiger partial charge in [0.25, 0.3) is 0 Å². The molecule has 0 radical (unpaired) electrons. The van der Waals surface area contributed by atoms with Gasteiger partial charge in [-0.1, -0.05) is 12.1 Å². The molecule has 9 heteroatoms. The molecule has 1 unspecified atom stereocenters. The first-order valence-electron chi connectivity index (χ1n) is 14.0. The van der Waals surface area contributed by atoms with Crippen molar-refractivity contribution in [3.05, 3.63) is 65.2 Å². The van der Waals surface area contributed by atoms with E-state index in [0.717, 1.165) is 42.1 Å². The van der Waals surface area contributed by atoms with E-state index in [0.29, 0.717) is 19.0 Å². The molecule has 2 aliphatic heterocycles. The number of rotatable bonds is 7. The highest BCUT2D eigenvalue weighted by Crippen LogP contribution is 2.40. The first kappa shape index (κ1) is 27.1. The lowest BCUT2D eigenvalue weighted by Gasteiger charge is -2.45. The van der Waals surface area contributed by atoms with Gasteiger partial charge in [-0.3, -0.25) is 9.48 Å². The van der Waals surface area contributed by atoms with Crippen molar-refractivity contribution in [3.8, 4) is 5.75 Å². The number of benzene rings is 1. The Bertz CT molecular complexity index is 1310. The average Bonchev–Trinajstić information content (AvgIpc) is 3.33. The number of nitrogens with zero attached hydrogens (tertiary/aromatic N) is 6. The van der Waals surface area contributed by atoms with Crippen LogP contribution in [0.15, 0.2) is 42.7 Å². The molecule has 1 amide bonds. The summed E-state index contributed by atoms with van der Waals surface area (Å²) in [6, 6.07) is 10.6. The van der Waals surface area contributed by atoms with E-state index in [-0.39, 0.29) is 35.9 Å². The van der Waals surface area contributed by atoms with Crippen molar-refractivity contribution in [2.75, 3.05) is 18.9 Å². The number of anilines is 1. The lowest BCUT2D eigenvalue weighted by atomic mass is 9.75. The fourth-order valence-electron chi connectivity index (χ4n) is 6.01. The molecule has 4 heterocycles.